The van der Waals surface area contributed by atoms with Crippen molar-refractivity contribution in [2.24, 2.45) is 0 Å². The van der Waals surface area contributed by atoms with Crippen LogP contribution in [-0.2, 0) is 9.53 Å². The SMILES string of the molecule is COC1CNC(C(=O)Nc2c(C)cc(Cl)nc2Cl)C1. The molecule has 0 spiro atoms. The van der Waals surface area contributed by atoms with E-state index in [1.165, 1.54) is 0 Å². The first kappa shape index (κ1) is 14.5. The third-order valence-electron chi connectivity index (χ3n) is 3.13. The molecule has 0 bridgehead atoms. The lowest BCUT2D eigenvalue weighted by Gasteiger charge is -2.14. The Bertz CT molecular complexity index is 473. The van der Waals surface area contributed by atoms with Crippen LogP contribution in [0.25, 0.3) is 0 Å². The highest BCUT2D eigenvalue weighted by molar-refractivity contribution is 6.34. The summed E-state index contributed by atoms with van der Waals surface area (Å²) in [5.41, 5.74) is 1.28. The predicted octanol–water partition coefficient (Wildman–Crippen LogP) is 2.01. The van der Waals surface area contributed by atoms with Crippen LogP contribution in [0.1, 0.15) is 12.0 Å². The maximum atomic E-state index is 12.1. The zero-order valence-electron chi connectivity index (χ0n) is 10.7. The van der Waals surface area contributed by atoms with Crippen LogP contribution in [0.3, 0.4) is 0 Å². The fourth-order valence-electron chi connectivity index (χ4n) is 2.04. The van der Waals surface area contributed by atoms with Gasteiger partial charge >= 0.3 is 0 Å². The average molecular weight is 304 g/mol. The van der Waals surface area contributed by atoms with Crippen molar-refractivity contribution in [2.75, 3.05) is 19.0 Å². The molecular formula is C12H15Cl2N3O2. The Morgan fingerprint density at radius 2 is 2.32 bits per heavy atom. The van der Waals surface area contributed by atoms with Gasteiger partial charge in [-0.3, -0.25) is 4.79 Å². The van der Waals surface area contributed by atoms with Crippen LogP contribution in [0.4, 0.5) is 5.69 Å². The second-order valence-electron chi connectivity index (χ2n) is 4.47. The summed E-state index contributed by atoms with van der Waals surface area (Å²) >= 11 is 11.8. The number of nitrogens with zero attached hydrogens (tertiary/aromatic N) is 1. The Kier molecular flexibility index (Phi) is 4.62. The normalized spacial score (nSPS) is 22.5. The first-order chi connectivity index (χ1) is 9.01. The lowest BCUT2D eigenvalue weighted by molar-refractivity contribution is -0.118. The van der Waals surface area contributed by atoms with Crippen LogP contribution in [0.15, 0.2) is 6.07 Å². The minimum absolute atomic E-state index is 0.0654. The Hall–Kier alpha value is -0.880. The Morgan fingerprint density at radius 1 is 1.58 bits per heavy atom. The van der Waals surface area contributed by atoms with Crippen molar-refractivity contribution >= 4 is 34.8 Å². The first-order valence-corrected chi connectivity index (χ1v) is 6.66. The van der Waals surface area contributed by atoms with E-state index in [0.29, 0.717) is 23.8 Å². The molecule has 1 aliphatic heterocycles. The number of carbonyl (C=O) groups is 1. The van der Waals surface area contributed by atoms with Gasteiger partial charge in [0.2, 0.25) is 5.91 Å². The number of aryl methyl sites for hydroxylation is 1. The summed E-state index contributed by atoms with van der Waals surface area (Å²) in [6, 6.07) is 1.37. The molecule has 1 saturated heterocycles. The molecule has 1 aromatic heterocycles. The number of halogens is 2. The van der Waals surface area contributed by atoms with Crippen molar-refractivity contribution in [1.29, 1.82) is 0 Å². The number of rotatable bonds is 3. The lowest BCUT2D eigenvalue weighted by Crippen LogP contribution is -2.35. The van der Waals surface area contributed by atoms with Crippen molar-refractivity contribution in [3.63, 3.8) is 0 Å². The summed E-state index contributed by atoms with van der Waals surface area (Å²) in [6.07, 6.45) is 0.704. The number of aromatic nitrogens is 1. The Labute approximate surface area is 121 Å². The van der Waals surface area contributed by atoms with Gasteiger partial charge in [-0.2, -0.15) is 0 Å². The quantitative estimate of drug-likeness (QED) is 0.839. The predicted molar refractivity (Wildman–Crippen MR) is 74.8 cm³/mol. The van der Waals surface area contributed by atoms with Crippen molar-refractivity contribution in [2.45, 2.75) is 25.5 Å². The maximum Gasteiger partial charge on any atom is 0.241 e. The van der Waals surface area contributed by atoms with Gasteiger partial charge in [-0.25, -0.2) is 4.98 Å². The molecule has 0 radical (unpaired) electrons. The van der Waals surface area contributed by atoms with E-state index in [4.69, 9.17) is 27.9 Å². The fraction of sp³-hybridized carbons (Fsp3) is 0.500. The third-order valence-corrected chi connectivity index (χ3v) is 3.60. The van der Waals surface area contributed by atoms with Crippen LogP contribution in [-0.4, -0.2) is 36.7 Å². The summed E-state index contributed by atoms with van der Waals surface area (Å²) in [6.45, 7) is 2.48. The molecule has 1 aliphatic rings. The second kappa shape index (κ2) is 6.05. The molecule has 1 amide bonds. The first-order valence-electron chi connectivity index (χ1n) is 5.91. The van der Waals surface area contributed by atoms with Crippen molar-refractivity contribution in [3.8, 4) is 0 Å². The van der Waals surface area contributed by atoms with Crippen molar-refractivity contribution < 1.29 is 9.53 Å². The Morgan fingerprint density at radius 3 is 2.89 bits per heavy atom. The molecular weight excluding hydrogens is 289 g/mol. The van der Waals surface area contributed by atoms with Gasteiger partial charge in [-0.05, 0) is 25.0 Å². The molecule has 1 fully saturated rings. The topological polar surface area (TPSA) is 63.2 Å². The van der Waals surface area contributed by atoms with Gasteiger partial charge in [0.25, 0.3) is 0 Å². The molecule has 2 heterocycles. The summed E-state index contributed by atoms with van der Waals surface area (Å²) in [7, 11) is 1.64. The molecule has 7 heteroatoms. The lowest BCUT2D eigenvalue weighted by atomic mass is 10.2. The molecule has 2 rings (SSSR count). The zero-order chi connectivity index (χ0) is 14.0. The number of ether oxygens (including phenoxy) is 1. The van der Waals surface area contributed by atoms with Crippen LogP contribution < -0.4 is 10.6 Å². The highest BCUT2D eigenvalue weighted by Gasteiger charge is 2.29. The summed E-state index contributed by atoms with van der Waals surface area (Å²) in [4.78, 5) is 16.0. The van der Waals surface area contributed by atoms with Crippen molar-refractivity contribution in [3.05, 3.63) is 21.9 Å². The molecule has 0 aliphatic carbocycles. The summed E-state index contributed by atoms with van der Waals surface area (Å²) in [5.74, 6) is -0.145. The van der Waals surface area contributed by atoms with Crippen molar-refractivity contribution in [1.82, 2.24) is 10.3 Å². The molecule has 0 saturated carbocycles. The van der Waals surface area contributed by atoms with E-state index < -0.39 is 0 Å². The van der Waals surface area contributed by atoms with Crippen LogP contribution in [0, 0.1) is 6.92 Å². The molecule has 19 heavy (non-hydrogen) atoms. The molecule has 5 nitrogen and oxygen atoms in total. The minimum atomic E-state index is -0.281. The summed E-state index contributed by atoms with van der Waals surface area (Å²) < 4.78 is 5.21. The smallest absolute Gasteiger partial charge is 0.241 e. The van der Waals surface area contributed by atoms with E-state index >= 15 is 0 Å². The average Bonchev–Trinajstić information content (AvgIpc) is 2.82. The number of carbonyl (C=O) groups excluding carboxylic acids is 1. The van der Waals surface area contributed by atoms with Crippen LogP contribution in [0.5, 0.6) is 0 Å². The Balaban J connectivity index is 2.08. The van der Waals surface area contributed by atoms with Gasteiger partial charge in [0.05, 0.1) is 17.8 Å². The van der Waals surface area contributed by atoms with Gasteiger partial charge in [0, 0.05) is 13.7 Å². The number of hydrogen-bond donors (Lipinski definition) is 2. The maximum absolute atomic E-state index is 12.1. The monoisotopic (exact) mass is 303 g/mol. The number of pyridine rings is 1. The van der Waals surface area contributed by atoms with Gasteiger partial charge in [-0.15, -0.1) is 0 Å². The molecule has 104 valence electrons. The van der Waals surface area contributed by atoms with E-state index in [1.54, 1.807) is 13.2 Å². The number of nitrogens with one attached hydrogen (secondary N) is 2. The van der Waals surface area contributed by atoms with E-state index in [2.05, 4.69) is 15.6 Å². The van der Waals surface area contributed by atoms with E-state index in [0.717, 1.165) is 5.56 Å². The van der Waals surface area contributed by atoms with Crippen LogP contribution in [0.2, 0.25) is 10.3 Å². The van der Waals surface area contributed by atoms with Gasteiger partial charge in [0.15, 0.2) is 5.15 Å². The molecule has 1 aromatic rings. The number of amides is 1. The molecule has 2 atom stereocenters. The van der Waals surface area contributed by atoms with E-state index in [9.17, 15) is 4.79 Å². The highest BCUT2D eigenvalue weighted by atomic mass is 35.5. The largest absolute Gasteiger partial charge is 0.380 e. The van der Waals surface area contributed by atoms with Gasteiger partial charge in [0.1, 0.15) is 5.15 Å². The fourth-order valence-corrected chi connectivity index (χ4v) is 2.62. The van der Waals surface area contributed by atoms with E-state index in [1.807, 2.05) is 6.92 Å². The highest BCUT2D eigenvalue weighted by Crippen LogP contribution is 2.27. The van der Waals surface area contributed by atoms with E-state index in [-0.39, 0.29) is 23.2 Å². The molecule has 2 N–H and O–H groups in total. The molecule has 0 aromatic carbocycles. The van der Waals surface area contributed by atoms with Gasteiger partial charge in [-0.1, -0.05) is 23.2 Å². The zero-order valence-corrected chi connectivity index (χ0v) is 12.2. The summed E-state index contributed by atoms with van der Waals surface area (Å²) in [5, 5.41) is 6.38. The second-order valence-corrected chi connectivity index (χ2v) is 5.22. The van der Waals surface area contributed by atoms with Gasteiger partial charge < -0.3 is 15.4 Å². The van der Waals surface area contributed by atoms with Crippen LogP contribution >= 0.6 is 23.2 Å². The number of anilines is 1. The molecule has 2 unspecified atom stereocenters. The standard InChI is InChI=1S/C12H15Cl2N3O2/c1-6-3-9(13)16-11(14)10(6)17-12(18)8-4-7(19-2)5-15-8/h3,7-8,15H,4-5H2,1-2H3,(H,17,18). The number of hydrogen-bond acceptors (Lipinski definition) is 4. The minimum Gasteiger partial charge on any atom is -0.380 e. The third kappa shape index (κ3) is 3.36. The number of methoxy groups -OCH3 is 1.